The van der Waals surface area contributed by atoms with Crippen molar-refractivity contribution in [2.75, 3.05) is 0 Å². The highest BCUT2D eigenvalue weighted by molar-refractivity contribution is 7.26. The van der Waals surface area contributed by atoms with Gasteiger partial charge in [0.25, 0.3) is 0 Å². The Kier molecular flexibility index (Phi) is 14.9. The molecule has 9 heteroatoms. The Morgan fingerprint density at radius 3 is 1.15 bits per heavy atom. The summed E-state index contributed by atoms with van der Waals surface area (Å²) in [6, 6.07) is 141. The van der Waals surface area contributed by atoms with Crippen LogP contribution in [0.25, 0.3) is 230 Å². The third-order valence-corrected chi connectivity index (χ3v) is 26.7. The Bertz CT molecular complexity index is 8650. The van der Waals surface area contributed by atoms with Crippen LogP contribution in [-0.2, 0) is 5.41 Å². The van der Waals surface area contributed by atoms with E-state index >= 15 is 0 Å². The number of nitrogens with zero attached hydrogens (tertiary/aromatic N) is 8. The van der Waals surface area contributed by atoms with E-state index in [0.717, 1.165) is 88.5 Å². The summed E-state index contributed by atoms with van der Waals surface area (Å²) >= 11 is 1.83. The molecule has 0 spiro atoms. The van der Waals surface area contributed by atoms with Crippen LogP contribution in [0.15, 0.2) is 388 Å². The molecule has 0 N–H and O–H groups in total. The number of para-hydroxylation sites is 8. The van der Waals surface area contributed by atoms with Gasteiger partial charge in [0.05, 0.1) is 66.6 Å². The van der Waals surface area contributed by atoms with Crippen molar-refractivity contribution in [1.82, 2.24) is 38.2 Å². The van der Waals surface area contributed by atoms with Gasteiger partial charge in [-0.05, 0) is 164 Å². The molecule has 0 fully saturated rings. The largest absolute Gasteiger partial charge is 0.309 e. The molecule has 7 heterocycles. The van der Waals surface area contributed by atoms with Crippen LogP contribution in [0.4, 0.5) is 0 Å². The number of rotatable bonds is 8. The van der Waals surface area contributed by atoms with Crippen LogP contribution in [0.3, 0.4) is 0 Å². The quantitative estimate of drug-likeness (QED) is 0.152. The molecule has 1 aliphatic carbocycles. The molecule has 0 amide bonds. The van der Waals surface area contributed by atoms with Crippen LogP contribution >= 0.6 is 11.3 Å². The van der Waals surface area contributed by atoms with E-state index in [9.17, 15) is 0 Å². The van der Waals surface area contributed by atoms with Crippen molar-refractivity contribution in [1.29, 1.82) is 0 Å². The number of benzene rings is 18. The Balaban J connectivity index is 0.000000133. The summed E-state index contributed by atoms with van der Waals surface area (Å²) in [6.07, 6.45) is 0. The van der Waals surface area contributed by atoms with Gasteiger partial charge in [0, 0.05) is 113 Å². The summed E-state index contributed by atoms with van der Waals surface area (Å²) in [7, 11) is 0. The van der Waals surface area contributed by atoms with E-state index in [0.29, 0.717) is 11.9 Å². The Morgan fingerprint density at radius 2 is 0.608 bits per heavy atom. The maximum absolute atomic E-state index is 5.57. The summed E-state index contributed by atoms with van der Waals surface area (Å²) in [5, 5.41) is 18.9. The van der Waals surface area contributed by atoms with Crippen LogP contribution in [0.2, 0.25) is 0 Å². The fraction of sp³-hybridized carbons (Fsp3) is 0.0270. The molecule has 0 saturated heterocycles. The molecule has 0 saturated carbocycles. The van der Waals surface area contributed by atoms with Crippen molar-refractivity contribution in [3.8, 4) is 79.2 Å². The van der Waals surface area contributed by atoms with Crippen molar-refractivity contribution < 1.29 is 0 Å². The van der Waals surface area contributed by atoms with Crippen LogP contribution < -0.4 is 0 Å². The van der Waals surface area contributed by atoms with Crippen LogP contribution in [0, 0.1) is 0 Å². The van der Waals surface area contributed by atoms with Gasteiger partial charge in [-0.3, -0.25) is 9.13 Å². The van der Waals surface area contributed by atoms with Crippen molar-refractivity contribution in [3.05, 3.63) is 399 Å². The highest BCUT2D eigenvalue weighted by atomic mass is 32.1. The second-order valence-corrected chi connectivity index (χ2v) is 33.3. The van der Waals surface area contributed by atoms with E-state index in [1.165, 1.54) is 141 Å². The molecule has 8 nitrogen and oxygen atoms in total. The SMILES string of the molecule is CC1(C)c2ccccc2-c2ccc(-c3nc(-n4c5ccccc5c5cc(-c6ccc7c(c6)c6ccccc6n7-c6ccccc6)c6ccccc6c54)nc4ccccc34)cc21.c1ccc(-n2c3ccccc3c3cc(-c4cc5c6ccccc6n(-c6nc(-c7cccc8c7sc7ccccc78)c7ccccc7n6)c5c5ccccc45)ccc32)cc1. The highest BCUT2D eigenvalue weighted by Gasteiger charge is 2.36. The summed E-state index contributed by atoms with van der Waals surface area (Å²) in [5.41, 5.74) is 27.4. The zero-order chi connectivity index (χ0) is 79.0. The first kappa shape index (κ1) is 67.9. The van der Waals surface area contributed by atoms with Crippen LogP contribution in [0.1, 0.15) is 25.0 Å². The molecule has 0 radical (unpaired) electrons. The fourth-order valence-electron chi connectivity index (χ4n) is 20.1. The minimum Gasteiger partial charge on any atom is -0.309 e. The number of hydrogen-bond donors (Lipinski definition) is 0. The number of thiophene rings is 1. The second kappa shape index (κ2) is 26.3. The third-order valence-electron chi connectivity index (χ3n) is 25.4. The molecule has 0 unspecified atom stereocenters. The van der Waals surface area contributed by atoms with Gasteiger partial charge in [0.2, 0.25) is 11.9 Å². The third kappa shape index (κ3) is 10.1. The molecule has 0 atom stereocenters. The Morgan fingerprint density at radius 1 is 0.225 bits per heavy atom. The predicted octanol–water partition coefficient (Wildman–Crippen LogP) is 29.3. The van der Waals surface area contributed by atoms with E-state index in [1.54, 1.807) is 0 Å². The number of hydrogen-bond acceptors (Lipinski definition) is 5. The van der Waals surface area contributed by atoms with Gasteiger partial charge in [0.1, 0.15) is 0 Å². The summed E-state index contributed by atoms with van der Waals surface area (Å²) < 4.78 is 11.9. The lowest BCUT2D eigenvalue weighted by atomic mass is 9.82. The smallest absolute Gasteiger partial charge is 0.235 e. The van der Waals surface area contributed by atoms with Crippen molar-refractivity contribution in [2.24, 2.45) is 0 Å². The minimum absolute atomic E-state index is 0.124. The topological polar surface area (TPSA) is 71.3 Å². The maximum Gasteiger partial charge on any atom is 0.235 e. The maximum atomic E-state index is 5.57. The van der Waals surface area contributed by atoms with Crippen molar-refractivity contribution in [3.63, 3.8) is 0 Å². The first-order valence-electron chi connectivity index (χ1n) is 41.1. The molecule has 26 rings (SSSR count). The lowest BCUT2D eigenvalue weighted by molar-refractivity contribution is 0.660. The van der Waals surface area contributed by atoms with Crippen molar-refractivity contribution in [2.45, 2.75) is 19.3 Å². The Hall–Kier alpha value is -15.4. The zero-order valence-electron chi connectivity index (χ0n) is 65.4. The Labute approximate surface area is 693 Å². The zero-order valence-corrected chi connectivity index (χ0v) is 66.3. The lowest BCUT2D eigenvalue weighted by Gasteiger charge is -2.22. The van der Waals surface area contributed by atoms with E-state index in [1.807, 2.05) is 11.3 Å². The standard InChI is InChI=1S/C57H38N4.C54H32N4S/c1-57(2)48-24-12-8-19-39(48)40-30-28-36(33-49(40)57)54-44-23-9-13-25-50(44)58-56(59-54)61-52-27-15-11-21-42(52)47-34-45(38-18-6-7-22-43(38)55(47)61)35-29-31-53-46(32-35)41-20-10-14-26-51(41)60(53)37-16-4-3-5-17-37;1-2-15-34(16-3-1)57-47-26-11-7-18-36(47)44-31-33(29-30-49(44)57)43-32-45-37-19-8-12-27-48(37)58(52(45)39-21-5-4-17-35(39)43)54-55-46-25-10-6-22-41(46)51(56-54)42-24-14-23-40-38-20-9-13-28-50(38)59-53(40)42/h3-34H,1-2H3;1-32H. The summed E-state index contributed by atoms with van der Waals surface area (Å²) in [5.74, 6) is 1.33. The van der Waals surface area contributed by atoms with Gasteiger partial charge >= 0.3 is 0 Å². The van der Waals surface area contributed by atoms with Gasteiger partial charge in [-0.1, -0.05) is 293 Å². The first-order chi connectivity index (χ1) is 59.3. The van der Waals surface area contributed by atoms with Crippen molar-refractivity contribution >= 4 is 162 Å². The average Bonchev–Trinajstić information content (AvgIpc) is 1.55. The summed E-state index contributed by atoms with van der Waals surface area (Å²) in [4.78, 5) is 21.9. The minimum atomic E-state index is -0.124. The first-order valence-corrected chi connectivity index (χ1v) is 41.9. The molecule has 0 aliphatic heterocycles. The predicted molar refractivity (Wildman–Crippen MR) is 504 cm³/mol. The van der Waals surface area contributed by atoms with Gasteiger partial charge < -0.3 is 9.13 Å². The highest BCUT2D eigenvalue weighted by Crippen LogP contribution is 2.52. The van der Waals surface area contributed by atoms with Crippen LogP contribution in [0.5, 0.6) is 0 Å². The molecular formula is C111H70N8S. The lowest BCUT2D eigenvalue weighted by Crippen LogP contribution is -2.15. The monoisotopic (exact) mass is 1550 g/mol. The molecule has 25 aromatic rings. The molecule has 560 valence electrons. The molecule has 1 aliphatic rings. The average molecular weight is 1550 g/mol. The van der Waals surface area contributed by atoms with E-state index in [-0.39, 0.29) is 5.41 Å². The number of fused-ring (bicyclic) bond motifs is 24. The van der Waals surface area contributed by atoms with E-state index in [4.69, 9.17) is 19.9 Å². The molecule has 7 aromatic heterocycles. The number of aromatic nitrogens is 8. The normalized spacial score (nSPS) is 12.7. The van der Waals surface area contributed by atoms with Gasteiger partial charge in [-0.2, -0.15) is 0 Å². The summed E-state index contributed by atoms with van der Waals surface area (Å²) in [6.45, 7) is 4.67. The van der Waals surface area contributed by atoms with Gasteiger partial charge in [-0.25, -0.2) is 19.9 Å². The molecule has 0 bridgehead atoms. The van der Waals surface area contributed by atoms with Crippen LogP contribution in [-0.4, -0.2) is 38.2 Å². The second-order valence-electron chi connectivity index (χ2n) is 32.3. The molecule has 120 heavy (non-hydrogen) atoms. The molecular weight excluding hydrogens is 1480 g/mol. The van der Waals surface area contributed by atoms with E-state index < -0.39 is 0 Å². The van der Waals surface area contributed by atoms with Gasteiger partial charge in [0.15, 0.2) is 0 Å². The molecule has 18 aromatic carbocycles. The van der Waals surface area contributed by atoms with E-state index in [2.05, 4.69) is 420 Å². The van der Waals surface area contributed by atoms with Gasteiger partial charge in [-0.15, -0.1) is 11.3 Å². The fourth-order valence-corrected chi connectivity index (χ4v) is 21.3.